The Kier molecular flexibility index (Phi) is 5.62. The molecule has 1 fully saturated rings. The maximum Gasteiger partial charge on any atom is 0.322 e. The fraction of sp³-hybridized carbons (Fsp3) is 0.409. The van der Waals surface area contributed by atoms with Crippen LogP contribution in [-0.4, -0.2) is 72.8 Å². The average Bonchev–Trinajstić information content (AvgIpc) is 2.83. The molecule has 2 N–H and O–H groups in total. The van der Waals surface area contributed by atoms with Gasteiger partial charge in [0, 0.05) is 43.9 Å². The second kappa shape index (κ2) is 8.31. The third kappa shape index (κ3) is 3.76. The van der Waals surface area contributed by atoms with E-state index in [1.165, 1.54) is 5.56 Å². The second-order valence-corrected chi connectivity index (χ2v) is 7.49. The summed E-state index contributed by atoms with van der Waals surface area (Å²) in [6.45, 7) is 3.92. The smallest absolute Gasteiger partial charge is 0.322 e. The monoisotopic (exact) mass is 381 g/mol. The van der Waals surface area contributed by atoms with Gasteiger partial charge in [0.1, 0.15) is 18.4 Å². The first-order valence-electron chi connectivity index (χ1n) is 9.83. The Bertz CT molecular complexity index is 830. The van der Waals surface area contributed by atoms with Gasteiger partial charge in [0.25, 0.3) is 0 Å². The Labute approximate surface area is 165 Å². The lowest BCUT2D eigenvalue weighted by atomic mass is 9.97. The van der Waals surface area contributed by atoms with Crippen LogP contribution in [0.5, 0.6) is 0 Å². The summed E-state index contributed by atoms with van der Waals surface area (Å²) >= 11 is 0. The Morgan fingerprint density at radius 3 is 3.04 bits per heavy atom. The number of hydrogen-bond donors (Lipinski definition) is 2. The van der Waals surface area contributed by atoms with Crippen molar-refractivity contribution in [2.45, 2.75) is 18.6 Å². The van der Waals surface area contributed by atoms with E-state index < -0.39 is 12.0 Å². The van der Waals surface area contributed by atoms with Crippen molar-refractivity contribution in [1.82, 2.24) is 15.1 Å². The number of ether oxygens (including phenoxy) is 1. The van der Waals surface area contributed by atoms with Crippen molar-refractivity contribution >= 4 is 11.7 Å². The van der Waals surface area contributed by atoms with Crippen LogP contribution in [-0.2, 0) is 16.1 Å². The summed E-state index contributed by atoms with van der Waals surface area (Å²) in [7, 11) is 2.13. The van der Waals surface area contributed by atoms with Crippen LogP contribution in [0.15, 0.2) is 54.1 Å². The summed E-state index contributed by atoms with van der Waals surface area (Å²) in [5.41, 5.74) is 3.53. The molecule has 6 nitrogen and oxygen atoms in total. The molecule has 0 radical (unpaired) electrons. The lowest BCUT2D eigenvalue weighted by Crippen LogP contribution is -2.55. The normalized spacial score (nSPS) is 25.2. The third-order valence-electron chi connectivity index (χ3n) is 5.68. The van der Waals surface area contributed by atoms with E-state index in [0.717, 1.165) is 36.5 Å². The molecule has 0 bridgehead atoms. The van der Waals surface area contributed by atoms with E-state index in [4.69, 9.17) is 4.74 Å². The molecule has 28 heavy (non-hydrogen) atoms. The Hall–Kier alpha value is -2.41. The highest BCUT2D eigenvalue weighted by Gasteiger charge is 2.30. The standard InChI is InChI=1S/C22H27N3O3/c1-24-15-16-6-2-3-7-17(16)21(18-8-4-5-9-19(18)24)28-13-12-25-11-10-23-14-20(25)22(26)27/h2-9,19-20,23H,10-15H2,1H3,(H,26,27). The van der Waals surface area contributed by atoms with Crippen LogP contribution >= 0.6 is 0 Å². The zero-order valence-corrected chi connectivity index (χ0v) is 16.2. The number of rotatable bonds is 5. The number of carboxylic acids is 1. The van der Waals surface area contributed by atoms with Crippen LogP contribution < -0.4 is 5.32 Å². The van der Waals surface area contributed by atoms with Crippen LogP contribution in [0.3, 0.4) is 0 Å². The van der Waals surface area contributed by atoms with Crippen LogP contribution in [0.2, 0.25) is 0 Å². The van der Waals surface area contributed by atoms with Gasteiger partial charge in [-0.25, -0.2) is 0 Å². The summed E-state index contributed by atoms with van der Waals surface area (Å²) in [6.07, 6.45) is 8.45. The first-order valence-corrected chi connectivity index (χ1v) is 9.83. The van der Waals surface area contributed by atoms with Crippen molar-refractivity contribution in [2.75, 3.05) is 39.8 Å². The molecule has 2 unspecified atom stereocenters. The molecule has 4 rings (SSSR count). The lowest BCUT2D eigenvalue weighted by Gasteiger charge is -2.33. The van der Waals surface area contributed by atoms with E-state index in [0.29, 0.717) is 19.7 Å². The lowest BCUT2D eigenvalue weighted by molar-refractivity contribution is -0.144. The molecule has 6 heteroatoms. The van der Waals surface area contributed by atoms with Crippen LogP contribution in [0, 0.1) is 0 Å². The number of carboxylic acid groups (broad SMARTS) is 1. The van der Waals surface area contributed by atoms with E-state index in [-0.39, 0.29) is 6.04 Å². The molecule has 2 heterocycles. The number of nitrogens with zero attached hydrogens (tertiary/aromatic N) is 2. The molecule has 0 spiro atoms. The fourth-order valence-corrected chi connectivity index (χ4v) is 4.21. The van der Waals surface area contributed by atoms with E-state index in [9.17, 15) is 9.90 Å². The number of piperazine rings is 1. The van der Waals surface area contributed by atoms with Crippen LogP contribution in [0.4, 0.5) is 0 Å². The minimum Gasteiger partial charge on any atom is -0.491 e. The molecule has 0 saturated carbocycles. The van der Waals surface area contributed by atoms with E-state index in [2.05, 4.69) is 53.7 Å². The highest BCUT2D eigenvalue weighted by molar-refractivity contribution is 5.74. The minimum atomic E-state index is -0.781. The quantitative estimate of drug-likeness (QED) is 0.810. The van der Waals surface area contributed by atoms with Gasteiger partial charge in [0.05, 0.1) is 6.04 Å². The number of hydrogen-bond acceptors (Lipinski definition) is 5. The second-order valence-electron chi connectivity index (χ2n) is 7.49. The van der Waals surface area contributed by atoms with Gasteiger partial charge < -0.3 is 15.2 Å². The van der Waals surface area contributed by atoms with Crippen molar-refractivity contribution in [1.29, 1.82) is 0 Å². The number of allylic oxidation sites excluding steroid dienone is 2. The van der Waals surface area contributed by atoms with Gasteiger partial charge in [-0.3, -0.25) is 14.6 Å². The minimum absolute atomic E-state index is 0.179. The number of benzene rings is 1. The molecule has 3 aliphatic rings. The molecule has 1 aliphatic carbocycles. The SMILES string of the molecule is CN1Cc2ccccc2C(OCCN2CCNCC2C(=O)O)=C2C=CC=CC21. The number of likely N-dealkylation sites (N-methyl/N-ethyl adjacent to an activating group) is 1. The first kappa shape index (κ1) is 18.9. The average molecular weight is 381 g/mol. The highest BCUT2D eigenvalue weighted by atomic mass is 16.5. The van der Waals surface area contributed by atoms with Gasteiger partial charge in [-0.05, 0) is 12.6 Å². The zero-order valence-electron chi connectivity index (χ0n) is 16.2. The van der Waals surface area contributed by atoms with E-state index in [1.54, 1.807) is 0 Å². The highest BCUT2D eigenvalue weighted by Crippen LogP contribution is 2.34. The van der Waals surface area contributed by atoms with Gasteiger partial charge in [-0.1, -0.05) is 48.6 Å². The predicted molar refractivity (Wildman–Crippen MR) is 109 cm³/mol. The largest absolute Gasteiger partial charge is 0.491 e. The zero-order chi connectivity index (χ0) is 19.5. The van der Waals surface area contributed by atoms with Crippen LogP contribution in [0.1, 0.15) is 11.1 Å². The van der Waals surface area contributed by atoms with Gasteiger partial charge in [0.15, 0.2) is 0 Å². The maximum absolute atomic E-state index is 11.5. The molecule has 0 amide bonds. The van der Waals surface area contributed by atoms with Crippen molar-refractivity contribution < 1.29 is 14.6 Å². The molecule has 148 valence electrons. The van der Waals surface area contributed by atoms with E-state index in [1.807, 2.05) is 17.0 Å². The Morgan fingerprint density at radius 1 is 1.32 bits per heavy atom. The van der Waals surface area contributed by atoms with Gasteiger partial charge in [0.2, 0.25) is 0 Å². The molecule has 0 aromatic heterocycles. The molecule has 1 aromatic rings. The van der Waals surface area contributed by atoms with Crippen molar-refractivity contribution in [3.63, 3.8) is 0 Å². The van der Waals surface area contributed by atoms with Gasteiger partial charge >= 0.3 is 5.97 Å². The summed E-state index contributed by atoms with van der Waals surface area (Å²) < 4.78 is 6.35. The molecular weight excluding hydrogens is 354 g/mol. The molecular formula is C22H27N3O3. The van der Waals surface area contributed by atoms with Crippen molar-refractivity contribution in [3.8, 4) is 0 Å². The third-order valence-corrected chi connectivity index (χ3v) is 5.68. The van der Waals surface area contributed by atoms with Crippen molar-refractivity contribution in [3.05, 3.63) is 65.3 Å². The predicted octanol–water partition coefficient (Wildman–Crippen LogP) is 1.71. The fourth-order valence-electron chi connectivity index (χ4n) is 4.21. The van der Waals surface area contributed by atoms with Crippen LogP contribution in [0.25, 0.3) is 5.76 Å². The van der Waals surface area contributed by atoms with E-state index >= 15 is 0 Å². The number of fused-ring (bicyclic) bond motifs is 2. The van der Waals surface area contributed by atoms with Gasteiger partial charge in [-0.2, -0.15) is 0 Å². The topological polar surface area (TPSA) is 65.0 Å². The Balaban J connectivity index is 1.57. The maximum atomic E-state index is 11.5. The summed E-state index contributed by atoms with van der Waals surface area (Å²) in [6, 6.07) is 8.06. The van der Waals surface area contributed by atoms with Gasteiger partial charge in [-0.15, -0.1) is 0 Å². The summed E-state index contributed by atoms with van der Waals surface area (Å²) in [5.74, 6) is 0.128. The summed E-state index contributed by atoms with van der Waals surface area (Å²) in [4.78, 5) is 15.8. The number of aliphatic carboxylic acids is 1. The molecule has 2 aliphatic heterocycles. The Morgan fingerprint density at radius 2 is 2.18 bits per heavy atom. The summed E-state index contributed by atoms with van der Waals surface area (Å²) in [5, 5.41) is 12.6. The molecule has 2 atom stereocenters. The van der Waals surface area contributed by atoms with Crippen molar-refractivity contribution in [2.24, 2.45) is 0 Å². The number of carbonyl (C=O) groups is 1. The first-order chi connectivity index (χ1) is 13.6. The molecule has 1 aromatic carbocycles. The number of nitrogens with one attached hydrogen (secondary N) is 1. The molecule has 1 saturated heterocycles.